The number of ether oxygens (including phenoxy) is 1. The second-order valence-corrected chi connectivity index (χ2v) is 4.39. The van der Waals surface area contributed by atoms with Crippen molar-refractivity contribution in [1.29, 1.82) is 0 Å². The maximum Gasteiger partial charge on any atom is 0.174 e. The minimum absolute atomic E-state index is 0.416. The number of halogens is 1. The second-order valence-electron chi connectivity index (χ2n) is 4.03. The monoisotopic (exact) mass is 242 g/mol. The van der Waals surface area contributed by atoms with Crippen LogP contribution in [0.5, 0.6) is 5.75 Å². The van der Waals surface area contributed by atoms with Crippen molar-refractivity contribution in [2.24, 2.45) is 0 Å². The van der Waals surface area contributed by atoms with Crippen molar-refractivity contribution >= 4 is 17.3 Å². The van der Waals surface area contributed by atoms with E-state index >= 15 is 0 Å². The Morgan fingerprint density at radius 1 is 1.44 bits per heavy atom. The number of hydrogen-bond donors (Lipinski definition) is 1. The average molecular weight is 243 g/mol. The van der Waals surface area contributed by atoms with E-state index in [2.05, 4.69) is 10.4 Å². The van der Waals surface area contributed by atoms with Crippen LogP contribution in [0.3, 0.4) is 0 Å². The van der Waals surface area contributed by atoms with Crippen LogP contribution in [-0.2, 0) is 0 Å². The lowest BCUT2D eigenvalue weighted by atomic mass is 10.3. The molecule has 0 saturated carbocycles. The summed E-state index contributed by atoms with van der Waals surface area (Å²) in [6, 6.07) is 1.97. The van der Waals surface area contributed by atoms with Crippen molar-refractivity contribution in [3.05, 3.63) is 17.4 Å². The first-order valence-corrected chi connectivity index (χ1v) is 5.86. The van der Waals surface area contributed by atoms with Crippen LogP contribution in [0.4, 0.5) is 5.69 Å². The Balaban J connectivity index is 2.38. The van der Waals surface area contributed by atoms with Crippen LogP contribution >= 0.6 is 11.6 Å². The summed E-state index contributed by atoms with van der Waals surface area (Å²) in [5.41, 5.74) is 4.48. The normalized spacial score (nSPS) is 18.7. The molecule has 0 radical (unpaired) electrons. The van der Waals surface area contributed by atoms with E-state index in [1.165, 1.54) is 12.8 Å². The molecule has 0 bridgehead atoms. The third-order valence-corrected chi connectivity index (χ3v) is 3.55. The van der Waals surface area contributed by atoms with E-state index in [1.807, 2.05) is 19.3 Å². The summed E-state index contributed by atoms with van der Waals surface area (Å²) in [6.07, 6.45) is 4.28. The van der Waals surface area contributed by atoms with Crippen molar-refractivity contribution in [2.45, 2.75) is 12.8 Å². The molecule has 1 saturated heterocycles. The van der Waals surface area contributed by atoms with Crippen molar-refractivity contribution < 1.29 is 4.74 Å². The Kier molecular flexibility index (Phi) is 3.33. The fraction of sp³-hybridized carbons (Fsp3) is 0.545. The van der Waals surface area contributed by atoms with Gasteiger partial charge in [-0.3, -0.25) is 0 Å². The lowest BCUT2D eigenvalue weighted by Gasteiger charge is -2.31. The molecular formula is C11H17ClN3O+. The Morgan fingerprint density at radius 3 is 2.69 bits per heavy atom. The first-order chi connectivity index (χ1) is 7.72. The molecule has 2 rings (SSSR count). The largest absolute Gasteiger partial charge is 0.493 e. The van der Waals surface area contributed by atoms with E-state index in [4.69, 9.17) is 16.3 Å². The average Bonchev–Trinajstić information content (AvgIpc) is 2.79. The lowest BCUT2D eigenvalue weighted by Crippen LogP contribution is -2.55. The molecule has 88 valence electrons. The molecule has 0 aromatic carbocycles. The highest BCUT2D eigenvalue weighted by atomic mass is 35.5. The standard InChI is InChI=1S/C11H17ClN3O/c1-13-15(5-3-4-6-15)9-7-10(16-2)11(12)14-8-9/h7-8,13H,3-6H2,1-2H3/q+1. The van der Waals surface area contributed by atoms with Gasteiger partial charge in [0.25, 0.3) is 0 Å². The molecule has 0 aliphatic carbocycles. The van der Waals surface area contributed by atoms with Crippen LogP contribution < -0.4 is 14.8 Å². The predicted molar refractivity (Wildman–Crippen MR) is 65.6 cm³/mol. The number of aromatic nitrogens is 1. The first kappa shape index (κ1) is 11.6. The summed E-state index contributed by atoms with van der Waals surface area (Å²) < 4.78 is 5.97. The van der Waals surface area contributed by atoms with Crippen molar-refractivity contribution in [3.63, 3.8) is 0 Å². The fourth-order valence-corrected chi connectivity index (χ4v) is 2.46. The third-order valence-electron chi connectivity index (χ3n) is 3.26. The Hall–Kier alpha value is -0.840. The molecule has 1 aromatic rings. The molecule has 0 unspecified atom stereocenters. The summed E-state index contributed by atoms with van der Waals surface area (Å²) in [7, 11) is 3.59. The molecule has 5 heteroatoms. The summed E-state index contributed by atoms with van der Waals surface area (Å²) in [6.45, 7) is 2.17. The van der Waals surface area contributed by atoms with Gasteiger partial charge in [0, 0.05) is 26.0 Å². The molecule has 1 fully saturated rings. The number of pyridine rings is 1. The van der Waals surface area contributed by atoms with Gasteiger partial charge in [0.15, 0.2) is 16.6 Å². The van der Waals surface area contributed by atoms with Gasteiger partial charge in [0.05, 0.1) is 13.3 Å². The zero-order valence-corrected chi connectivity index (χ0v) is 10.4. The topological polar surface area (TPSA) is 34.2 Å². The van der Waals surface area contributed by atoms with Crippen molar-refractivity contribution in [3.8, 4) is 5.75 Å². The molecule has 16 heavy (non-hydrogen) atoms. The molecule has 4 nitrogen and oxygen atoms in total. The Labute approximate surface area is 101 Å². The van der Waals surface area contributed by atoms with Gasteiger partial charge in [-0.25, -0.2) is 9.58 Å². The molecule has 1 aliphatic heterocycles. The first-order valence-electron chi connectivity index (χ1n) is 5.48. The number of methoxy groups -OCH3 is 1. The van der Waals surface area contributed by atoms with Crippen LogP contribution in [-0.4, -0.2) is 32.2 Å². The number of nitrogens with zero attached hydrogens (tertiary/aromatic N) is 2. The SMILES string of the molecule is CN[N+]1(c2cnc(Cl)c(OC)c2)CCCC1. The number of quaternary nitrogens is 1. The van der Waals surface area contributed by atoms with Crippen LogP contribution in [0.25, 0.3) is 0 Å². The van der Waals surface area contributed by atoms with Crippen LogP contribution in [0.1, 0.15) is 12.8 Å². The summed E-state index contributed by atoms with van der Waals surface area (Å²) in [5.74, 6) is 0.638. The summed E-state index contributed by atoms with van der Waals surface area (Å²) >= 11 is 5.93. The summed E-state index contributed by atoms with van der Waals surface area (Å²) in [4.78, 5) is 4.17. The highest BCUT2D eigenvalue weighted by Crippen LogP contribution is 2.32. The highest BCUT2D eigenvalue weighted by molar-refractivity contribution is 6.30. The number of nitrogens with one attached hydrogen (secondary N) is 1. The molecule has 0 atom stereocenters. The van der Waals surface area contributed by atoms with E-state index in [9.17, 15) is 0 Å². The van der Waals surface area contributed by atoms with E-state index in [-0.39, 0.29) is 0 Å². The van der Waals surface area contributed by atoms with Gasteiger partial charge in [-0.15, -0.1) is 0 Å². The zero-order chi connectivity index (χ0) is 11.6. The maximum absolute atomic E-state index is 5.93. The van der Waals surface area contributed by atoms with Gasteiger partial charge in [-0.2, -0.15) is 5.43 Å². The Morgan fingerprint density at radius 2 is 2.12 bits per heavy atom. The van der Waals surface area contributed by atoms with Gasteiger partial charge in [0.2, 0.25) is 0 Å². The Bertz CT molecular complexity index is 377. The van der Waals surface area contributed by atoms with E-state index in [0.29, 0.717) is 10.9 Å². The van der Waals surface area contributed by atoms with Gasteiger partial charge < -0.3 is 4.74 Å². The highest BCUT2D eigenvalue weighted by Gasteiger charge is 2.34. The van der Waals surface area contributed by atoms with Gasteiger partial charge >= 0.3 is 0 Å². The maximum atomic E-state index is 5.93. The summed E-state index contributed by atoms with van der Waals surface area (Å²) in [5, 5.41) is 0.416. The van der Waals surface area contributed by atoms with Gasteiger partial charge in [-0.1, -0.05) is 11.6 Å². The number of rotatable bonds is 3. The molecule has 0 amide bonds. The fourth-order valence-electron chi connectivity index (χ4n) is 2.28. The molecule has 1 aromatic heterocycles. The second kappa shape index (κ2) is 4.57. The predicted octanol–water partition coefficient (Wildman–Crippen LogP) is 1.98. The molecule has 0 spiro atoms. The van der Waals surface area contributed by atoms with Crippen molar-refractivity contribution in [2.75, 3.05) is 27.2 Å². The van der Waals surface area contributed by atoms with Crippen LogP contribution in [0, 0.1) is 0 Å². The smallest absolute Gasteiger partial charge is 0.174 e. The van der Waals surface area contributed by atoms with Gasteiger partial charge in [0.1, 0.15) is 13.1 Å². The van der Waals surface area contributed by atoms with E-state index in [1.54, 1.807) is 7.11 Å². The zero-order valence-electron chi connectivity index (χ0n) is 9.66. The van der Waals surface area contributed by atoms with Crippen molar-refractivity contribution in [1.82, 2.24) is 15.0 Å². The quantitative estimate of drug-likeness (QED) is 0.650. The van der Waals surface area contributed by atoms with E-state index in [0.717, 1.165) is 23.4 Å². The number of hydrogen-bond acceptors (Lipinski definition) is 3. The molecule has 1 N–H and O–H groups in total. The van der Waals surface area contributed by atoms with Gasteiger partial charge in [-0.05, 0) is 0 Å². The molecule has 2 heterocycles. The molecular weight excluding hydrogens is 226 g/mol. The third kappa shape index (κ3) is 1.88. The van der Waals surface area contributed by atoms with E-state index < -0.39 is 0 Å². The minimum Gasteiger partial charge on any atom is -0.493 e. The van der Waals surface area contributed by atoms with Crippen LogP contribution in [0.15, 0.2) is 12.3 Å². The molecule has 1 aliphatic rings. The lowest BCUT2D eigenvalue weighted by molar-refractivity contribution is 0.258. The van der Waals surface area contributed by atoms with Crippen LogP contribution in [0.2, 0.25) is 5.15 Å². The minimum atomic E-state index is 0.416.